The van der Waals surface area contributed by atoms with Crippen molar-refractivity contribution in [3.8, 4) is 17.6 Å². The lowest BCUT2D eigenvalue weighted by atomic mass is 9.75. The Kier molecular flexibility index (Phi) is 8.53. The lowest BCUT2D eigenvalue weighted by Gasteiger charge is -2.31. The molecule has 2 saturated carbocycles. The number of allylic oxidation sites excluding steroid dienone is 2. The molecule has 28 heavy (non-hydrogen) atoms. The first-order valence-corrected chi connectivity index (χ1v) is 11.6. The van der Waals surface area contributed by atoms with Gasteiger partial charge in [0.2, 0.25) is 0 Å². The molecule has 0 saturated heterocycles. The predicted molar refractivity (Wildman–Crippen MR) is 119 cm³/mol. The molecule has 1 nitrogen and oxygen atoms in total. The first-order valence-electron chi connectivity index (χ1n) is 11.6. The van der Waals surface area contributed by atoms with E-state index < -0.39 is 0 Å². The highest BCUT2D eigenvalue weighted by molar-refractivity contribution is 5.40. The van der Waals surface area contributed by atoms with Crippen molar-refractivity contribution < 1.29 is 4.74 Å². The molecule has 0 N–H and O–H groups in total. The molecule has 0 radical (unpaired) electrons. The second-order valence-corrected chi connectivity index (χ2v) is 9.01. The van der Waals surface area contributed by atoms with Crippen LogP contribution in [0, 0.1) is 35.5 Å². The summed E-state index contributed by atoms with van der Waals surface area (Å²) in [5, 5.41) is 0. The van der Waals surface area contributed by atoms with Crippen molar-refractivity contribution in [3.05, 3.63) is 42.0 Å². The largest absolute Gasteiger partial charge is 0.497 e. The maximum atomic E-state index is 5.18. The minimum Gasteiger partial charge on any atom is -0.497 e. The van der Waals surface area contributed by atoms with Crippen molar-refractivity contribution in [1.82, 2.24) is 0 Å². The van der Waals surface area contributed by atoms with Gasteiger partial charge in [0.15, 0.2) is 0 Å². The van der Waals surface area contributed by atoms with Gasteiger partial charge >= 0.3 is 0 Å². The molecule has 1 aromatic carbocycles. The molecule has 0 spiro atoms. The molecule has 1 aromatic rings. The quantitative estimate of drug-likeness (QED) is 0.468. The standard InChI is InChI=1S/C27H38O/c1-3-22-8-10-25(11-9-22)16-17-26-14-12-23(13-15-26)6-4-5-7-24-18-20-27(28-2)21-19-24/h4,6,18-23,25-26H,3,8-17H2,1-2H3. The molecule has 0 atom stereocenters. The van der Waals surface area contributed by atoms with E-state index in [2.05, 4.69) is 30.9 Å². The lowest BCUT2D eigenvalue weighted by Crippen LogP contribution is -2.17. The Morgan fingerprint density at radius 2 is 1.43 bits per heavy atom. The summed E-state index contributed by atoms with van der Waals surface area (Å²) in [7, 11) is 1.69. The van der Waals surface area contributed by atoms with E-state index >= 15 is 0 Å². The molecule has 0 bridgehead atoms. The van der Waals surface area contributed by atoms with Gasteiger partial charge in [-0.25, -0.2) is 0 Å². The van der Waals surface area contributed by atoms with Gasteiger partial charge in [-0.2, -0.15) is 0 Å². The summed E-state index contributed by atoms with van der Waals surface area (Å²) < 4.78 is 5.18. The molecule has 3 rings (SSSR count). The van der Waals surface area contributed by atoms with Crippen molar-refractivity contribution in [3.63, 3.8) is 0 Å². The molecule has 2 fully saturated rings. The zero-order valence-corrected chi connectivity index (χ0v) is 18.0. The number of hydrogen-bond donors (Lipinski definition) is 0. The summed E-state index contributed by atoms with van der Waals surface area (Å²) in [6.45, 7) is 2.36. The molecule has 0 heterocycles. The highest BCUT2D eigenvalue weighted by Gasteiger charge is 2.23. The summed E-state index contributed by atoms with van der Waals surface area (Å²) in [5.74, 6) is 11.1. The van der Waals surface area contributed by atoms with Crippen LogP contribution in [0.1, 0.15) is 83.1 Å². The van der Waals surface area contributed by atoms with Crippen molar-refractivity contribution in [1.29, 1.82) is 0 Å². The molecule has 0 unspecified atom stereocenters. The van der Waals surface area contributed by atoms with Gasteiger partial charge in [-0.05, 0) is 79.7 Å². The van der Waals surface area contributed by atoms with E-state index in [-0.39, 0.29) is 0 Å². The summed E-state index contributed by atoms with van der Waals surface area (Å²) >= 11 is 0. The fraction of sp³-hybridized carbons (Fsp3) is 0.630. The minimum atomic E-state index is 0.737. The Morgan fingerprint density at radius 1 is 0.857 bits per heavy atom. The van der Waals surface area contributed by atoms with Crippen LogP contribution in [0.5, 0.6) is 5.75 Å². The Hall–Kier alpha value is -1.68. The van der Waals surface area contributed by atoms with E-state index in [0.717, 1.165) is 35.0 Å². The number of ether oxygens (including phenoxy) is 1. The molecule has 0 amide bonds. The van der Waals surface area contributed by atoms with E-state index in [1.807, 2.05) is 24.3 Å². The van der Waals surface area contributed by atoms with Crippen LogP contribution in [-0.2, 0) is 0 Å². The number of rotatable bonds is 6. The fourth-order valence-electron chi connectivity index (χ4n) is 5.05. The lowest BCUT2D eigenvalue weighted by molar-refractivity contribution is 0.224. The zero-order valence-electron chi connectivity index (χ0n) is 18.0. The van der Waals surface area contributed by atoms with Crippen molar-refractivity contribution in [2.24, 2.45) is 23.7 Å². The van der Waals surface area contributed by atoms with Gasteiger partial charge in [-0.1, -0.05) is 69.8 Å². The van der Waals surface area contributed by atoms with Gasteiger partial charge in [0.25, 0.3) is 0 Å². The monoisotopic (exact) mass is 378 g/mol. The highest BCUT2D eigenvalue weighted by atomic mass is 16.5. The van der Waals surface area contributed by atoms with Crippen LogP contribution >= 0.6 is 0 Å². The van der Waals surface area contributed by atoms with Gasteiger partial charge in [0.05, 0.1) is 7.11 Å². The molecule has 1 heteroatoms. The van der Waals surface area contributed by atoms with Crippen LogP contribution in [-0.4, -0.2) is 7.11 Å². The smallest absolute Gasteiger partial charge is 0.118 e. The van der Waals surface area contributed by atoms with E-state index in [1.165, 1.54) is 70.6 Å². The van der Waals surface area contributed by atoms with Crippen LogP contribution in [0.4, 0.5) is 0 Å². The molecule has 152 valence electrons. The minimum absolute atomic E-state index is 0.737. The van der Waals surface area contributed by atoms with Crippen LogP contribution in [0.3, 0.4) is 0 Å². The summed E-state index contributed by atoms with van der Waals surface area (Å²) in [6, 6.07) is 7.95. The third-order valence-corrected chi connectivity index (χ3v) is 7.18. The van der Waals surface area contributed by atoms with Crippen LogP contribution in [0.25, 0.3) is 0 Å². The van der Waals surface area contributed by atoms with E-state index in [4.69, 9.17) is 4.74 Å². The summed E-state index contributed by atoms with van der Waals surface area (Å²) in [5.41, 5.74) is 1.04. The topological polar surface area (TPSA) is 9.23 Å². The van der Waals surface area contributed by atoms with E-state index in [0.29, 0.717) is 0 Å². The summed E-state index contributed by atoms with van der Waals surface area (Å²) in [6.07, 6.45) is 20.3. The van der Waals surface area contributed by atoms with Crippen LogP contribution < -0.4 is 4.74 Å². The molecular formula is C27H38O. The maximum absolute atomic E-state index is 5.18. The third-order valence-electron chi connectivity index (χ3n) is 7.18. The van der Waals surface area contributed by atoms with Gasteiger partial charge in [-0.15, -0.1) is 0 Å². The molecule has 2 aliphatic carbocycles. The van der Waals surface area contributed by atoms with Crippen molar-refractivity contribution >= 4 is 0 Å². The van der Waals surface area contributed by atoms with Gasteiger partial charge < -0.3 is 4.74 Å². The van der Waals surface area contributed by atoms with Crippen LogP contribution in [0.15, 0.2) is 36.4 Å². The van der Waals surface area contributed by atoms with Gasteiger partial charge in [0.1, 0.15) is 5.75 Å². The normalized spacial score (nSPS) is 27.9. The summed E-state index contributed by atoms with van der Waals surface area (Å²) in [4.78, 5) is 0. The first-order chi connectivity index (χ1) is 13.8. The van der Waals surface area contributed by atoms with Crippen LogP contribution in [0.2, 0.25) is 0 Å². The average Bonchev–Trinajstić information content (AvgIpc) is 2.77. The second-order valence-electron chi connectivity index (χ2n) is 9.01. The first kappa shape index (κ1) is 21.0. The van der Waals surface area contributed by atoms with Crippen molar-refractivity contribution in [2.75, 3.05) is 7.11 Å². The van der Waals surface area contributed by atoms with Crippen molar-refractivity contribution in [2.45, 2.75) is 77.6 Å². The average molecular weight is 379 g/mol. The number of methoxy groups -OCH3 is 1. The Morgan fingerprint density at radius 3 is 2.00 bits per heavy atom. The molecule has 0 aromatic heterocycles. The zero-order chi connectivity index (χ0) is 19.6. The Balaban J connectivity index is 1.33. The Labute approximate surface area is 173 Å². The van der Waals surface area contributed by atoms with Gasteiger partial charge in [-0.3, -0.25) is 0 Å². The maximum Gasteiger partial charge on any atom is 0.118 e. The number of hydrogen-bond acceptors (Lipinski definition) is 1. The molecule has 0 aliphatic heterocycles. The van der Waals surface area contributed by atoms with E-state index in [9.17, 15) is 0 Å². The fourth-order valence-corrected chi connectivity index (χ4v) is 5.05. The molecular weight excluding hydrogens is 340 g/mol. The SMILES string of the molecule is CCC1CCC(CCC2CCC(C=CC#Cc3ccc(OC)cc3)CC2)CC1. The molecule has 2 aliphatic rings. The predicted octanol–water partition coefficient (Wildman–Crippen LogP) is 7.41. The van der Waals surface area contributed by atoms with E-state index in [1.54, 1.807) is 7.11 Å². The third kappa shape index (κ3) is 6.73. The Bertz CT molecular complexity index is 644. The second kappa shape index (κ2) is 11.4. The highest BCUT2D eigenvalue weighted by Crippen LogP contribution is 2.37. The van der Waals surface area contributed by atoms with Gasteiger partial charge in [0, 0.05) is 5.56 Å². The number of benzene rings is 1.